The van der Waals surface area contributed by atoms with Gasteiger partial charge in [0.2, 0.25) is 5.89 Å². The molecule has 3 aromatic carbocycles. The van der Waals surface area contributed by atoms with Crippen LogP contribution >= 0.6 is 11.6 Å². The smallest absolute Gasteiger partial charge is 0.282 e. The summed E-state index contributed by atoms with van der Waals surface area (Å²) in [5.41, 5.74) is 2.87. The maximum Gasteiger partial charge on any atom is 0.282 e. The molecule has 0 saturated heterocycles. The molecule has 1 N–H and O–H groups in total. The van der Waals surface area contributed by atoms with Gasteiger partial charge in [0, 0.05) is 22.3 Å². The van der Waals surface area contributed by atoms with E-state index in [2.05, 4.69) is 10.3 Å². The number of hydrogen-bond donors (Lipinski definition) is 1. The average Bonchev–Trinajstić information content (AvgIpc) is 3.12. The highest BCUT2D eigenvalue weighted by Crippen LogP contribution is 2.32. The molecule has 1 heterocycles. The van der Waals surface area contributed by atoms with Gasteiger partial charge in [0.1, 0.15) is 11.1 Å². The van der Waals surface area contributed by atoms with Crippen LogP contribution in [0.5, 0.6) is 0 Å². The normalized spacial score (nSPS) is 10.8. The van der Waals surface area contributed by atoms with Crippen LogP contribution < -0.4 is 5.32 Å². The Morgan fingerprint density at radius 1 is 1.14 bits per heavy atom. The van der Waals surface area contributed by atoms with E-state index in [1.54, 1.807) is 36.4 Å². The summed E-state index contributed by atoms with van der Waals surface area (Å²) in [4.78, 5) is 27.7. The molecule has 1 amide bonds. The zero-order chi connectivity index (χ0) is 20.5. The van der Waals surface area contributed by atoms with E-state index < -0.39 is 10.8 Å². The number of fused-ring (bicyclic) bond motifs is 1. The average molecular weight is 408 g/mol. The Balaban J connectivity index is 1.70. The molecule has 7 nitrogen and oxygen atoms in total. The lowest BCUT2D eigenvalue weighted by molar-refractivity contribution is -0.385. The van der Waals surface area contributed by atoms with Crippen molar-refractivity contribution < 1.29 is 14.1 Å². The van der Waals surface area contributed by atoms with Gasteiger partial charge < -0.3 is 9.73 Å². The minimum atomic E-state index is -0.582. The number of aromatic nitrogens is 1. The van der Waals surface area contributed by atoms with Gasteiger partial charge in [0.25, 0.3) is 11.6 Å². The summed E-state index contributed by atoms with van der Waals surface area (Å²) >= 11 is 6.00. The first-order valence-electron chi connectivity index (χ1n) is 8.65. The maximum atomic E-state index is 12.6. The van der Waals surface area contributed by atoms with Crippen molar-refractivity contribution >= 4 is 40.0 Å². The highest BCUT2D eigenvalue weighted by Gasteiger charge is 2.20. The molecule has 29 heavy (non-hydrogen) atoms. The number of halogens is 1. The molecule has 144 valence electrons. The summed E-state index contributed by atoms with van der Waals surface area (Å²) in [5.74, 6) is -0.177. The van der Waals surface area contributed by atoms with E-state index in [0.717, 1.165) is 5.56 Å². The van der Waals surface area contributed by atoms with Crippen LogP contribution in [0.15, 0.2) is 65.1 Å². The van der Waals surface area contributed by atoms with Crippen LogP contribution in [0.4, 0.5) is 11.4 Å². The van der Waals surface area contributed by atoms with Crippen molar-refractivity contribution in [1.29, 1.82) is 0 Å². The second kappa shape index (κ2) is 7.37. The van der Waals surface area contributed by atoms with Crippen molar-refractivity contribution in [2.45, 2.75) is 6.92 Å². The Labute approximate surface area is 170 Å². The van der Waals surface area contributed by atoms with Crippen LogP contribution in [-0.4, -0.2) is 15.8 Å². The lowest BCUT2D eigenvalue weighted by Crippen LogP contribution is -2.14. The molecule has 0 aliphatic carbocycles. The van der Waals surface area contributed by atoms with E-state index >= 15 is 0 Å². The first kappa shape index (κ1) is 18.6. The zero-order valence-electron chi connectivity index (χ0n) is 15.2. The highest BCUT2D eigenvalue weighted by atomic mass is 35.5. The topological polar surface area (TPSA) is 98.3 Å². The molecule has 8 heteroatoms. The van der Waals surface area contributed by atoms with Crippen molar-refractivity contribution in [3.63, 3.8) is 0 Å². The Morgan fingerprint density at radius 3 is 2.72 bits per heavy atom. The standard InChI is InChI=1S/C21H14ClN3O4/c1-12-14(21-24-17-11-13(22)9-10-19(17)29-21)6-4-7-16(12)23-20(26)15-5-2-3-8-18(15)25(27)28/h2-11H,1H3,(H,23,26). The fourth-order valence-corrected chi connectivity index (χ4v) is 3.20. The molecule has 0 saturated carbocycles. The van der Waals surface area contributed by atoms with E-state index in [1.165, 1.54) is 18.2 Å². The Kier molecular flexibility index (Phi) is 4.74. The number of amides is 1. The number of nitro groups is 1. The van der Waals surface area contributed by atoms with Crippen molar-refractivity contribution in [2.24, 2.45) is 0 Å². The van der Waals surface area contributed by atoms with Crippen molar-refractivity contribution in [1.82, 2.24) is 4.98 Å². The molecule has 0 aliphatic heterocycles. The number of benzene rings is 3. The number of para-hydroxylation sites is 1. The summed E-state index contributed by atoms with van der Waals surface area (Å²) in [6.07, 6.45) is 0. The van der Waals surface area contributed by atoms with Gasteiger partial charge in [-0.25, -0.2) is 4.98 Å². The fourth-order valence-electron chi connectivity index (χ4n) is 3.03. The van der Waals surface area contributed by atoms with Gasteiger partial charge >= 0.3 is 0 Å². The highest BCUT2D eigenvalue weighted by molar-refractivity contribution is 6.31. The van der Waals surface area contributed by atoms with Gasteiger partial charge in [-0.3, -0.25) is 14.9 Å². The third-order valence-electron chi connectivity index (χ3n) is 4.51. The number of anilines is 1. The summed E-state index contributed by atoms with van der Waals surface area (Å²) in [7, 11) is 0. The van der Waals surface area contributed by atoms with Crippen molar-refractivity contribution in [2.75, 3.05) is 5.32 Å². The van der Waals surface area contributed by atoms with Gasteiger partial charge in [0.15, 0.2) is 5.58 Å². The number of carbonyl (C=O) groups excluding carboxylic acids is 1. The van der Waals surface area contributed by atoms with E-state index in [9.17, 15) is 14.9 Å². The number of rotatable bonds is 4. The van der Waals surface area contributed by atoms with E-state index in [4.69, 9.17) is 16.0 Å². The molecule has 0 aliphatic rings. The van der Waals surface area contributed by atoms with Crippen molar-refractivity contribution in [3.05, 3.63) is 86.9 Å². The number of nitrogens with zero attached hydrogens (tertiary/aromatic N) is 2. The van der Waals surface area contributed by atoms with Gasteiger partial charge in [-0.2, -0.15) is 0 Å². The number of nitro benzene ring substituents is 1. The van der Waals surface area contributed by atoms with Crippen LogP contribution in [0, 0.1) is 17.0 Å². The van der Waals surface area contributed by atoms with Crippen LogP contribution in [-0.2, 0) is 0 Å². The van der Waals surface area contributed by atoms with Crippen molar-refractivity contribution in [3.8, 4) is 11.5 Å². The predicted molar refractivity (Wildman–Crippen MR) is 110 cm³/mol. The Bertz CT molecular complexity index is 1270. The largest absolute Gasteiger partial charge is 0.436 e. The Morgan fingerprint density at radius 2 is 1.93 bits per heavy atom. The quantitative estimate of drug-likeness (QED) is 0.350. The summed E-state index contributed by atoms with van der Waals surface area (Å²) in [5, 5.41) is 14.5. The molecule has 0 unspecified atom stereocenters. The zero-order valence-corrected chi connectivity index (χ0v) is 15.9. The van der Waals surface area contributed by atoms with Crippen LogP contribution in [0.3, 0.4) is 0 Å². The Hall–Kier alpha value is -3.71. The maximum absolute atomic E-state index is 12.6. The van der Waals surface area contributed by atoms with Crippen LogP contribution in [0.2, 0.25) is 5.02 Å². The molecule has 4 aromatic rings. The monoisotopic (exact) mass is 407 g/mol. The first-order chi connectivity index (χ1) is 13.9. The minimum Gasteiger partial charge on any atom is -0.436 e. The second-order valence-electron chi connectivity index (χ2n) is 6.34. The molecule has 1 aromatic heterocycles. The third kappa shape index (κ3) is 3.55. The van der Waals surface area contributed by atoms with Gasteiger partial charge in [0.05, 0.1) is 4.92 Å². The third-order valence-corrected chi connectivity index (χ3v) is 4.74. The van der Waals surface area contributed by atoms with E-state index in [1.807, 2.05) is 13.0 Å². The summed E-state index contributed by atoms with van der Waals surface area (Å²) in [6.45, 7) is 1.81. The first-order valence-corrected chi connectivity index (χ1v) is 9.02. The molecule has 4 rings (SSSR count). The SMILES string of the molecule is Cc1c(NC(=O)c2ccccc2[N+](=O)[O-])cccc1-c1nc2cc(Cl)ccc2o1. The van der Waals surface area contributed by atoms with Crippen LogP contribution in [0.25, 0.3) is 22.6 Å². The fraction of sp³-hybridized carbons (Fsp3) is 0.0476. The van der Waals surface area contributed by atoms with Gasteiger partial charge in [-0.05, 0) is 48.9 Å². The van der Waals surface area contributed by atoms with Crippen LogP contribution in [0.1, 0.15) is 15.9 Å². The summed E-state index contributed by atoms with van der Waals surface area (Å²) < 4.78 is 5.81. The van der Waals surface area contributed by atoms with Gasteiger partial charge in [-0.15, -0.1) is 0 Å². The predicted octanol–water partition coefficient (Wildman–Crippen LogP) is 5.62. The molecular formula is C21H14ClN3O4. The molecular weight excluding hydrogens is 394 g/mol. The number of oxazole rings is 1. The van der Waals surface area contributed by atoms with Gasteiger partial charge in [-0.1, -0.05) is 29.8 Å². The second-order valence-corrected chi connectivity index (χ2v) is 6.77. The number of hydrogen-bond acceptors (Lipinski definition) is 5. The molecule has 0 bridgehead atoms. The molecule has 0 radical (unpaired) electrons. The molecule has 0 atom stereocenters. The molecule has 0 fully saturated rings. The number of carbonyl (C=O) groups is 1. The number of nitrogens with one attached hydrogen (secondary N) is 1. The van der Waals surface area contributed by atoms with E-state index in [0.29, 0.717) is 33.3 Å². The lowest BCUT2D eigenvalue weighted by atomic mass is 10.1. The summed E-state index contributed by atoms with van der Waals surface area (Å²) in [6, 6.07) is 16.2. The lowest BCUT2D eigenvalue weighted by Gasteiger charge is -2.11. The molecule has 0 spiro atoms. The van der Waals surface area contributed by atoms with E-state index in [-0.39, 0.29) is 11.3 Å². The minimum absolute atomic E-state index is 0.0150.